The van der Waals surface area contributed by atoms with Crippen LogP contribution in [-0.2, 0) is 0 Å². The van der Waals surface area contributed by atoms with Gasteiger partial charge in [-0.05, 0) is 50.9 Å². The number of rotatable bonds is 3. The Morgan fingerprint density at radius 3 is 2.08 bits per heavy atom. The van der Waals surface area contributed by atoms with E-state index in [1.165, 1.54) is 25.9 Å². The second-order valence-electron chi connectivity index (χ2n) is 4.45. The molecule has 13 heavy (non-hydrogen) atoms. The lowest BCUT2D eigenvalue weighted by atomic mass is 9.87. The van der Waals surface area contributed by atoms with Gasteiger partial charge < -0.3 is 0 Å². The van der Waals surface area contributed by atoms with Gasteiger partial charge in [0.2, 0.25) is 0 Å². The molecule has 0 aromatic carbocycles. The average molecular weight is 201 g/mol. The Balaban J connectivity index is 2.30. The van der Waals surface area contributed by atoms with E-state index < -0.39 is 0 Å². The van der Waals surface area contributed by atoms with Gasteiger partial charge in [-0.25, -0.2) is 0 Å². The Bertz CT molecular complexity index is 139. The van der Waals surface area contributed by atoms with E-state index in [0.717, 1.165) is 11.8 Å². The van der Waals surface area contributed by atoms with Crippen molar-refractivity contribution in [2.24, 2.45) is 11.8 Å². The van der Waals surface area contributed by atoms with Crippen molar-refractivity contribution in [1.82, 2.24) is 4.90 Å². The summed E-state index contributed by atoms with van der Waals surface area (Å²) in [6.07, 6.45) is 5.02. The van der Waals surface area contributed by atoms with Crippen molar-refractivity contribution in [2.45, 2.75) is 39.0 Å². The summed E-state index contributed by atoms with van der Waals surface area (Å²) in [7, 11) is 0. The molecule has 1 atom stereocenters. The number of hydrogen-bond acceptors (Lipinski definition) is 2. The van der Waals surface area contributed by atoms with E-state index in [4.69, 9.17) is 0 Å². The van der Waals surface area contributed by atoms with Crippen LogP contribution in [0.15, 0.2) is 0 Å². The van der Waals surface area contributed by atoms with Gasteiger partial charge in [0.05, 0.1) is 5.37 Å². The third kappa shape index (κ3) is 3.17. The molecular weight excluding hydrogens is 178 g/mol. The fraction of sp³-hybridized carbons (Fsp3) is 1.00. The molecule has 0 aliphatic carbocycles. The van der Waals surface area contributed by atoms with Crippen molar-refractivity contribution in [3.63, 3.8) is 0 Å². The zero-order valence-corrected chi connectivity index (χ0v) is 10.2. The minimum Gasteiger partial charge on any atom is -0.292 e. The lowest BCUT2D eigenvalue weighted by Crippen LogP contribution is -2.39. The van der Waals surface area contributed by atoms with Crippen LogP contribution in [0.3, 0.4) is 0 Å². The molecule has 0 radical (unpaired) electrons. The third-order valence-corrected chi connectivity index (χ3v) is 4.35. The highest BCUT2D eigenvalue weighted by molar-refractivity contribution is 7.99. The first kappa shape index (κ1) is 11.4. The lowest BCUT2D eigenvalue weighted by Gasteiger charge is -2.36. The average Bonchev–Trinajstić information content (AvgIpc) is 2.17. The molecule has 0 amide bonds. The Hall–Kier alpha value is 0.310. The SMILES string of the molecule is CSC(C)N1CCC(C(C)C)CC1. The summed E-state index contributed by atoms with van der Waals surface area (Å²) in [5, 5.41) is 0.716. The Morgan fingerprint density at radius 2 is 1.69 bits per heavy atom. The van der Waals surface area contributed by atoms with Crippen LogP contribution in [0.5, 0.6) is 0 Å². The molecule has 0 bridgehead atoms. The van der Waals surface area contributed by atoms with Crippen molar-refractivity contribution in [3.8, 4) is 0 Å². The number of thioether (sulfide) groups is 1. The summed E-state index contributed by atoms with van der Waals surface area (Å²) in [4.78, 5) is 2.61. The first-order valence-corrected chi connectivity index (χ1v) is 6.70. The van der Waals surface area contributed by atoms with Crippen LogP contribution in [0.25, 0.3) is 0 Å². The summed E-state index contributed by atoms with van der Waals surface area (Å²) < 4.78 is 0. The van der Waals surface area contributed by atoms with E-state index in [2.05, 4.69) is 31.9 Å². The van der Waals surface area contributed by atoms with Crippen LogP contribution >= 0.6 is 11.8 Å². The summed E-state index contributed by atoms with van der Waals surface area (Å²) in [5.74, 6) is 1.86. The summed E-state index contributed by atoms with van der Waals surface area (Å²) >= 11 is 1.97. The van der Waals surface area contributed by atoms with Gasteiger partial charge >= 0.3 is 0 Å². The maximum Gasteiger partial charge on any atom is 0.0525 e. The van der Waals surface area contributed by atoms with Gasteiger partial charge in [0, 0.05) is 0 Å². The molecule has 0 saturated carbocycles. The van der Waals surface area contributed by atoms with Crippen LogP contribution < -0.4 is 0 Å². The van der Waals surface area contributed by atoms with E-state index in [-0.39, 0.29) is 0 Å². The Labute approximate surface area is 87.3 Å². The van der Waals surface area contributed by atoms with E-state index in [1.54, 1.807) is 0 Å². The molecule has 1 aliphatic rings. The molecule has 1 unspecified atom stereocenters. The largest absolute Gasteiger partial charge is 0.292 e. The molecule has 0 spiro atoms. The van der Waals surface area contributed by atoms with Crippen LogP contribution in [0.2, 0.25) is 0 Å². The first-order chi connectivity index (χ1) is 6.15. The van der Waals surface area contributed by atoms with Crippen molar-refractivity contribution in [1.29, 1.82) is 0 Å². The zero-order chi connectivity index (χ0) is 9.84. The highest BCUT2D eigenvalue weighted by Crippen LogP contribution is 2.27. The molecule has 1 aliphatic heterocycles. The summed E-state index contributed by atoms with van der Waals surface area (Å²) in [6.45, 7) is 9.66. The molecule has 1 fully saturated rings. The van der Waals surface area contributed by atoms with E-state index in [1.807, 2.05) is 11.8 Å². The van der Waals surface area contributed by atoms with Crippen molar-refractivity contribution >= 4 is 11.8 Å². The van der Waals surface area contributed by atoms with Gasteiger partial charge in [-0.15, -0.1) is 11.8 Å². The van der Waals surface area contributed by atoms with Crippen molar-refractivity contribution in [3.05, 3.63) is 0 Å². The maximum atomic E-state index is 2.61. The fourth-order valence-electron chi connectivity index (χ4n) is 2.10. The second kappa shape index (κ2) is 5.26. The van der Waals surface area contributed by atoms with Crippen molar-refractivity contribution < 1.29 is 0 Å². The van der Waals surface area contributed by atoms with Gasteiger partial charge in [-0.2, -0.15) is 0 Å². The normalized spacial score (nSPS) is 23.8. The van der Waals surface area contributed by atoms with Gasteiger partial charge in [0.25, 0.3) is 0 Å². The quantitative estimate of drug-likeness (QED) is 0.690. The molecule has 1 rings (SSSR count). The van der Waals surface area contributed by atoms with Crippen molar-refractivity contribution in [2.75, 3.05) is 19.3 Å². The monoisotopic (exact) mass is 201 g/mol. The Kier molecular flexibility index (Phi) is 4.60. The van der Waals surface area contributed by atoms with E-state index in [9.17, 15) is 0 Å². The fourth-order valence-corrected chi connectivity index (χ4v) is 2.61. The molecule has 0 aromatic rings. The molecule has 0 N–H and O–H groups in total. The predicted molar refractivity (Wildman–Crippen MR) is 62.1 cm³/mol. The minimum atomic E-state index is 0.716. The minimum absolute atomic E-state index is 0.716. The standard InChI is InChI=1S/C11H23NS/c1-9(2)11-5-7-12(8-6-11)10(3)13-4/h9-11H,5-8H2,1-4H3. The topological polar surface area (TPSA) is 3.24 Å². The highest BCUT2D eigenvalue weighted by atomic mass is 32.2. The molecular formula is C11H23NS. The summed E-state index contributed by atoms with van der Waals surface area (Å²) in [6, 6.07) is 0. The lowest BCUT2D eigenvalue weighted by molar-refractivity contribution is 0.153. The van der Waals surface area contributed by atoms with Gasteiger partial charge in [-0.1, -0.05) is 13.8 Å². The predicted octanol–water partition coefficient (Wildman–Crippen LogP) is 3.06. The summed E-state index contributed by atoms with van der Waals surface area (Å²) in [5.41, 5.74) is 0. The van der Waals surface area contributed by atoms with Gasteiger partial charge in [0.15, 0.2) is 0 Å². The molecule has 2 heteroatoms. The van der Waals surface area contributed by atoms with Gasteiger partial charge in [-0.3, -0.25) is 4.90 Å². The first-order valence-electron chi connectivity index (χ1n) is 5.42. The van der Waals surface area contributed by atoms with Crippen LogP contribution in [-0.4, -0.2) is 29.6 Å². The smallest absolute Gasteiger partial charge is 0.0525 e. The maximum absolute atomic E-state index is 2.61. The third-order valence-electron chi connectivity index (χ3n) is 3.37. The van der Waals surface area contributed by atoms with Crippen LogP contribution in [0, 0.1) is 11.8 Å². The molecule has 1 saturated heterocycles. The van der Waals surface area contributed by atoms with Crippen LogP contribution in [0.1, 0.15) is 33.6 Å². The number of piperidine rings is 1. The number of likely N-dealkylation sites (tertiary alicyclic amines) is 1. The molecule has 1 heterocycles. The highest BCUT2D eigenvalue weighted by Gasteiger charge is 2.23. The molecule has 78 valence electrons. The van der Waals surface area contributed by atoms with Gasteiger partial charge in [0.1, 0.15) is 0 Å². The Morgan fingerprint density at radius 1 is 1.15 bits per heavy atom. The second-order valence-corrected chi connectivity index (χ2v) is 5.61. The molecule has 1 nitrogen and oxygen atoms in total. The molecule has 0 aromatic heterocycles. The van der Waals surface area contributed by atoms with Crippen LogP contribution in [0.4, 0.5) is 0 Å². The van der Waals surface area contributed by atoms with E-state index >= 15 is 0 Å². The number of hydrogen-bond donors (Lipinski definition) is 0. The van der Waals surface area contributed by atoms with E-state index in [0.29, 0.717) is 5.37 Å². The zero-order valence-electron chi connectivity index (χ0n) is 9.42. The number of nitrogens with zero attached hydrogens (tertiary/aromatic N) is 1.